The molecule has 1 atom stereocenters. The first-order valence-corrected chi connectivity index (χ1v) is 8.05. The van der Waals surface area contributed by atoms with E-state index in [-0.39, 0.29) is 0 Å². The predicted octanol–water partition coefficient (Wildman–Crippen LogP) is 5.64. The first-order chi connectivity index (χ1) is 10.1. The number of rotatable bonds is 6. The fraction of sp³-hybridized carbons (Fsp3) is 0.294. The number of ether oxygens (including phenoxy) is 1. The standard InChI is InChI=1S/C17H17Cl3O/c1-21-15-7-5-12(6-8-15)9-13(11-18)10-14-3-2-4-16(19)17(14)20/h2-8,13H,9-11H2,1H3. The highest BCUT2D eigenvalue weighted by atomic mass is 35.5. The minimum absolute atomic E-state index is 0.316. The van der Waals surface area contributed by atoms with Crippen molar-refractivity contribution in [1.29, 1.82) is 0 Å². The van der Waals surface area contributed by atoms with Gasteiger partial charge in [0.15, 0.2) is 0 Å². The molecule has 0 saturated heterocycles. The van der Waals surface area contributed by atoms with Gasteiger partial charge in [-0.25, -0.2) is 0 Å². The number of hydrogen-bond donors (Lipinski definition) is 0. The highest BCUT2D eigenvalue weighted by molar-refractivity contribution is 6.42. The molecule has 0 aliphatic heterocycles. The third-order valence-electron chi connectivity index (χ3n) is 3.44. The minimum atomic E-state index is 0.316. The van der Waals surface area contributed by atoms with E-state index in [4.69, 9.17) is 39.5 Å². The van der Waals surface area contributed by atoms with Gasteiger partial charge in [-0.15, -0.1) is 11.6 Å². The molecule has 0 heterocycles. The van der Waals surface area contributed by atoms with Crippen LogP contribution in [0, 0.1) is 5.92 Å². The Morgan fingerprint density at radius 2 is 1.71 bits per heavy atom. The zero-order chi connectivity index (χ0) is 15.2. The Morgan fingerprint density at radius 3 is 2.33 bits per heavy atom. The quantitative estimate of drug-likeness (QED) is 0.616. The smallest absolute Gasteiger partial charge is 0.118 e. The molecule has 0 spiro atoms. The first-order valence-electron chi connectivity index (χ1n) is 6.75. The Labute approximate surface area is 140 Å². The van der Waals surface area contributed by atoms with Gasteiger partial charge in [0.2, 0.25) is 0 Å². The van der Waals surface area contributed by atoms with Crippen molar-refractivity contribution in [1.82, 2.24) is 0 Å². The summed E-state index contributed by atoms with van der Waals surface area (Å²) in [7, 11) is 1.66. The summed E-state index contributed by atoms with van der Waals surface area (Å²) in [5.41, 5.74) is 2.28. The topological polar surface area (TPSA) is 9.23 Å². The molecule has 112 valence electrons. The van der Waals surface area contributed by atoms with E-state index in [9.17, 15) is 0 Å². The van der Waals surface area contributed by atoms with Crippen molar-refractivity contribution in [3.63, 3.8) is 0 Å². The van der Waals surface area contributed by atoms with E-state index in [0.717, 1.165) is 24.2 Å². The maximum atomic E-state index is 6.25. The molecule has 4 heteroatoms. The normalized spacial score (nSPS) is 12.2. The van der Waals surface area contributed by atoms with Crippen LogP contribution in [0.1, 0.15) is 11.1 Å². The van der Waals surface area contributed by atoms with Crippen molar-refractivity contribution in [2.75, 3.05) is 13.0 Å². The average molecular weight is 344 g/mol. The molecule has 0 fully saturated rings. The Hall–Kier alpha value is -0.890. The van der Waals surface area contributed by atoms with E-state index in [1.54, 1.807) is 13.2 Å². The van der Waals surface area contributed by atoms with Gasteiger partial charge in [0.25, 0.3) is 0 Å². The zero-order valence-electron chi connectivity index (χ0n) is 11.8. The molecule has 1 nitrogen and oxygen atoms in total. The third-order valence-corrected chi connectivity index (χ3v) is 4.74. The SMILES string of the molecule is COc1ccc(CC(CCl)Cc2cccc(Cl)c2Cl)cc1. The third kappa shape index (κ3) is 4.54. The second-order valence-electron chi connectivity index (χ2n) is 4.99. The molecule has 0 aliphatic carbocycles. The summed E-state index contributed by atoms with van der Waals surface area (Å²) in [6.45, 7) is 0. The maximum absolute atomic E-state index is 6.25. The van der Waals surface area contributed by atoms with E-state index < -0.39 is 0 Å². The van der Waals surface area contributed by atoms with Gasteiger partial charge in [0.1, 0.15) is 5.75 Å². The highest BCUT2D eigenvalue weighted by Gasteiger charge is 2.13. The molecule has 21 heavy (non-hydrogen) atoms. The molecule has 0 saturated carbocycles. The van der Waals surface area contributed by atoms with Crippen LogP contribution in [0.5, 0.6) is 5.75 Å². The van der Waals surface area contributed by atoms with Gasteiger partial charge in [-0.3, -0.25) is 0 Å². The van der Waals surface area contributed by atoms with Crippen LogP contribution in [-0.2, 0) is 12.8 Å². The van der Waals surface area contributed by atoms with Crippen molar-refractivity contribution in [2.45, 2.75) is 12.8 Å². The van der Waals surface area contributed by atoms with E-state index in [2.05, 4.69) is 12.1 Å². The van der Waals surface area contributed by atoms with Crippen molar-refractivity contribution in [2.24, 2.45) is 5.92 Å². The second kappa shape index (κ2) is 7.93. The number of halogens is 3. The Balaban J connectivity index is 2.07. The summed E-state index contributed by atoms with van der Waals surface area (Å²) in [5, 5.41) is 1.22. The number of alkyl halides is 1. The molecule has 0 aromatic heterocycles. The number of methoxy groups -OCH3 is 1. The van der Waals surface area contributed by atoms with E-state index in [0.29, 0.717) is 21.8 Å². The molecule has 1 unspecified atom stereocenters. The van der Waals surface area contributed by atoms with Crippen LogP contribution in [0.2, 0.25) is 10.0 Å². The van der Waals surface area contributed by atoms with Gasteiger partial charge in [-0.05, 0) is 48.1 Å². The van der Waals surface area contributed by atoms with Crippen LogP contribution in [0.3, 0.4) is 0 Å². The van der Waals surface area contributed by atoms with Crippen molar-refractivity contribution >= 4 is 34.8 Å². The monoisotopic (exact) mass is 342 g/mol. The fourth-order valence-corrected chi connectivity index (χ4v) is 2.91. The van der Waals surface area contributed by atoms with Crippen LogP contribution in [-0.4, -0.2) is 13.0 Å². The van der Waals surface area contributed by atoms with Crippen LogP contribution in [0.15, 0.2) is 42.5 Å². The van der Waals surface area contributed by atoms with Gasteiger partial charge >= 0.3 is 0 Å². The summed E-state index contributed by atoms with van der Waals surface area (Å²) in [6, 6.07) is 13.8. The van der Waals surface area contributed by atoms with Crippen LogP contribution < -0.4 is 4.74 Å². The molecule has 2 rings (SSSR count). The lowest BCUT2D eigenvalue weighted by molar-refractivity contribution is 0.414. The maximum Gasteiger partial charge on any atom is 0.118 e. The van der Waals surface area contributed by atoms with Crippen LogP contribution >= 0.6 is 34.8 Å². The lowest BCUT2D eigenvalue weighted by Gasteiger charge is -2.15. The summed E-state index contributed by atoms with van der Waals surface area (Å²) in [6.07, 6.45) is 1.71. The lowest BCUT2D eigenvalue weighted by atomic mass is 9.94. The lowest BCUT2D eigenvalue weighted by Crippen LogP contribution is -2.10. The summed E-state index contributed by atoms with van der Waals surface area (Å²) in [5.74, 6) is 1.75. The summed E-state index contributed by atoms with van der Waals surface area (Å²) < 4.78 is 5.17. The highest BCUT2D eigenvalue weighted by Crippen LogP contribution is 2.28. The molecular weight excluding hydrogens is 327 g/mol. The van der Waals surface area contributed by atoms with E-state index in [1.807, 2.05) is 24.3 Å². The minimum Gasteiger partial charge on any atom is -0.497 e. The number of benzene rings is 2. The molecule has 0 amide bonds. The average Bonchev–Trinajstić information content (AvgIpc) is 2.51. The molecule has 2 aromatic rings. The molecule has 0 bridgehead atoms. The molecule has 0 N–H and O–H groups in total. The van der Waals surface area contributed by atoms with Crippen LogP contribution in [0.4, 0.5) is 0 Å². The van der Waals surface area contributed by atoms with Crippen molar-refractivity contribution in [3.05, 3.63) is 63.6 Å². The fourth-order valence-electron chi connectivity index (χ4n) is 2.29. The van der Waals surface area contributed by atoms with Gasteiger partial charge in [0, 0.05) is 5.88 Å². The van der Waals surface area contributed by atoms with Crippen LogP contribution in [0.25, 0.3) is 0 Å². The van der Waals surface area contributed by atoms with Gasteiger partial charge in [-0.2, -0.15) is 0 Å². The first kappa shape index (κ1) is 16.5. The van der Waals surface area contributed by atoms with E-state index >= 15 is 0 Å². The zero-order valence-corrected chi connectivity index (χ0v) is 14.1. The molecule has 2 aromatic carbocycles. The summed E-state index contributed by atoms with van der Waals surface area (Å²) >= 11 is 18.4. The van der Waals surface area contributed by atoms with Gasteiger partial charge in [-0.1, -0.05) is 47.5 Å². The van der Waals surface area contributed by atoms with Crippen molar-refractivity contribution < 1.29 is 4.74 Å². The van der Waals surface area contributed by atoms with Gasteiger partial charge in [0.05, 0.1) is 17.2 Å². The van der Waals surface area contributed by atoms with Gasteiger partial charge < -0.3 is 4.74 Å². The Kier molecular flexibility index (Phi) is 6.22. The number of hydrogen-bond acceptors (Lipinski definition) is 1. The Morgan fingerprint density at radius 1 is 1.00 bits per heavy atom. The molecular formula is C17H17Cl3O. The molecule has 0 aliphatic rings. The van der Waals surface area contributed by atoms with Crippen molar-refractivity contribution in [3.8, 4) is 5.75 Å². The second-order valence-corrected chi connectivity index (χ2v) is 6.08. The Bertz CT molecular complexity index is 581. The predicted molar refractivity (Wildman–Crippen MR) is 91.1 cm³/mol. The van der Waals surface area contributed by atoms with E-state index in [1.165, 1.54) is 5.56 Å². The largest absolute Gasteiger partial charge is 0.497 e. The summed E-state index contributed by atoms with van der Waals surface area (Å²) in [4.78, 5) is 0. The molecule has 0 radical (unpaired) electrons.